The molecule has 0 bridgehead atoms. The Morgan fingerprint density at radius 1 is 1.14 bits per heavy atom. The van der Waals surface area contributed by atoms with Gasteiger partial charge in [-0.1, -0.05) is 23.2 Å². The molecule has 3 nitrogen and oxygen atoms in total. The Kier molecular flexibility index (Phi) is 5.33. The molecule has 0 heterocycles. The van der Waals surface area contributed by atoms with E-state index in [0.717, 1.165) is 0 Å². The topological polar surface area (TPSA) is 46.2 Å². The molecule has 0 fully saturated rings. The lowest BCUT2D eigenvalue weighted by Gasteiger charge is -2.07. The smallest absolute Gasteiger partial charge is 0.237 e. The van der Waals surface area contributed by atoms with Gasteiger partial charge in [0.15, 0.2) is 0 Å². The minimum Gasteiger partial charge on any atom is -0.324 e. The van der Waals surface area contributed by atoms with Crippen LogP contribution in [-0.2, 0) is 15.6 Å². The van der Waals surface area contributed by atoms with Crippen molar-refractivity contribution in [1.29, 1.82) is 0 Å². The second kappa shape index (κ2) is 7.02. The van der Waals surface area contributed by atoms with Gasteiger partial charge in [0.2, 0.25) is 5.91 Å². The number of carbonyl (C=O) groups excluding carboxylic acids is 1. The molecule has 0 saturated heterocycles. The predicted molar refractivity (Wildman–Crippen MR) is 82.8 cm³/mol. The second-order valence-corrected chi connectivity index (χ2v) is 6.41. The number of carbonyl (C=O) groups is 1. The summed E-state index contributed by atoms with van der Waals surface area (Å²) in [5, 5.41) is 3.30. The summed E-state index contributed by atoms with van der Waals surface area (Å²) in [4.78, 5) is 12.2. The minimum atomic E-state index is -1.55. The highest BCUT2D eigenvalue weighted by Crippen LogP contribution is 2.25. The lowest BCUT2D eigenvalue weighted by Crippen LogP contribution is -2.19. The number of benzene rings is 2. The molecule has 0 aromatic heterocycles. The maximum atomic E-state index is 12.8. The molecule has 2 aromatic carbocycles. The Morgan fingerprint density at radius 2 is 1.81 bits per heavy atom. The Morgan fingerprint density at radius 3 is 2.43 bits per heavy atom. The van der Waals surface area contributed by atoms with E-state index in [1.807, 2.05) is 0 Å². The predicted octanol–water partition coefficient (Wildman–Crippen LogP) is 3.88. The van der Waals surface area contributed by atoms with E-state index in [1.54, 1.807) is 12.1 Å². The standard InChI is InChI=1S/C14H10Cl2FNO2S/c15-9-1-6-13(12(16)7-9)18-14(19)8-21(20)11-4-2-10(17)3-5-11/h1-7H,8H2,(H,18,19)/t21-/m0/s1. The third-order valence-electron chi connectivity index (χ3n) is 2.54. The number of nitrogens with one attached hydrogen (secondary N) is 1. The number of amides is 1. The highest BCUT2D eigenvalue weighted by Gasteiger charge is 2.12. The normalized spacial score (nSPS) is 12.0. The highest BCUT2D eigenvalue weighted by molar-refractivity contribution is 7.85. The van der Waals surface area contributed by atoms with Crippen LogP contribution in [0, 0.1) is 5.82 Å². The largest absolute Gasteiger partial charge is 0.324 e. The van der Waals surface area contributed by atoms with E-state index in [0.29, 0.717) is 20.6 Å². The summed E-state index contributed by atoms with van der Waals surface area (Å²) in [6, 6.07) is 9.80. The fraction of sp³-hybridized carbons (Fsp3) is 0.0714. The van der Waals surface area contributed by atoms with Gasteiger partial charge in [-0.15, -0.1) is 0 Å². The average Bonchev–Trinajstić information content (AvgIpc) is 2.42. The summed E-state index contributed by atoms with van der Waals surface area (Å²) in [5.74, 6) is -1.13. The average molecular weight is 346 g/mol. The first-order valence-electron chi connectivity index (χ1n) is 5.84. The van der Waals surface area contributed by atoms with Crippen LogP contribution in [0.5, 0.6) is 0 Å². The summed E-state index contributed by atoms with van der Waals surface area (Å²) in [5.41, 5.74) is 0.391. The Bertz CT molecular complexity index is 692. The van der Waals surface area contributed by atoms with E-state index in [2.05, 4.69) is 5.32 Å². The first kappa shape index (κ1) is 15.9. The number of anilines is 1. The lowest BCUT2D eigenvalue weighted by molar-refractivity contribution is -0.113. The van der Waals surface area contributed by atoms with Crippen LogP contribution in [0.2, 0.25) is 10.0 Å². The Balaban J connectivity index is 2.01. The number of hydrogen-bond donors (Lipinski definition) is 1. The molecule has 0 saturated carbocycles. The van der Waals surface area contributed by atoms with Crippen molar-refractivity contribution in [3.05, 3.63) is 58.3 Å². The Hall–Kier alpha value is -1.43. The molecule has 1 atom stereocenters. The molecule has 2 rings (SSSR count). The summed E-state index contributed by atoms with van der Waals surface area (Å²) in [6.07, 6.45) is 0. The van der Waals surface area contributed by atoms with Crippen LogP contribution >= 0.6 is 23.2 Å². The van der Waals surface area contributed by atoms with Gasteiger partial charge in [0, 0.05) is 9.92 Å². The second-order valence-electron chi connectivity index (χ2n) is 4.12. The van der Waals surface area contributed by atoms with Gasteiger partial charge in [-0.25, -0.2) is 4.39 Å². The maximum Gasteiger partial charge on any atom is 0.237 e. The molecule has 2 aromatic rings. The van der Waals surface area contributed by atoms with E-state index < -0.39 is 22.5 Å². The fourth-order valence-corrected chi connectivity index (χ4v) is 2.94. The van der Waals surface area contributed by atoms with Gasteiger partial charge < -0.3 is 5.32 Å². The molecule has 0 unspecified atom stereocenters. The quantitative estimate of drug-likeness (QED) is 0.913. The van der Waals surface area contributed by atoms with Gasteiger partial charge in [-0.05, 0) is 42.5 Å². The maximum absolute atomic E-state index is 12.8. The first-order valence-corrected chi connectivity index (χ1v) is 7.92. The summed E-state index contributed by atoms with van der Waals surface area (Å²) in [6.45, 7) is 0. The molecule has 1 amide bonds. The van der Waals surface area contributed by atoms with Crippen LogP contribution in [-0.4, -0.2) is 15.9 Å². The van der Waals surface area contributed by atoms with Crippen LogP contribution in [0.3, 0.4) is 0 Å². The first-order chi connectivity index (χ1) is 9.95. The molecular weight excluding hydrogens is 336 g/mol. The Labute approximate surface area is 133 Å². The van der Waals surface area contributed by atoms with Gasteiger partial charge >= 0.3 is 0 Å². The molecule has 0 aliphatic heterocycles. The molecule has 7 heteroatoms. The number of halogens is 3. The molecule has 21 heavy (non-hydrogen) atoms. The monoisotopic (exact) mass is 345 g/mol. The lowest BCUT2D eigenvalue weighted by atomic mass is 10.3. The van der Waals surface area contributed by atoms with Gasteiger partial charge in [-0.3, -0.25) is 9.00 Å². The zero-order valence-electron chi connectivity index (χ0n) is 10.6. The van der Waals surface area contributed by atoms with E-state index in [-0.39, 0.29) is 5.75 Å². The fourth-order valence-electron chi connectivity index (χ4n) is 1.57. The van der Waals surface area contributed by atoms with E-state index in [9.17, 15) is 13.4 Å². The molecule has 110 valence electrons. The third-order valence-corrected chi connectivity index (χ3v) is 4.41. The molecular formula is C14H10Cl2FNO2S. The molecule has 0 aliphatic carbocycles. The zero-order chi connectivity index (χ0) is 15.4. The molecule has 0 radical (unpaired) electrons. The van der Waals surface area contributed by atoms with E-state index >= 15 is 0 Å². The van der Waals surface area contributed by atoms with Crippen LogP contribution in [0.4, 0.5) is 10.1 Å². The van der Waals surface area contributed by atoms with Crippen molar-refractivity contribution in [3.63, 3.8) is 0 Å². The number of hydrogen-bond acceptors (Lipinski definition) is 2. The van der Waals surface area contributed by atoms with Gasteiger partial charge in [0.05, 0.1) is 21.5 Å². The molecule has 0 spiro atoms. The summed E-state index contributed by atoms with van der Waals surface area (Å²) < 4.78 is 24.7. The van der Waals surface area contributed by atoms with Crippen molar-refractivity contribution in [2.75, 3.05) is 11.1 Å². The van der Waals surface area contributed by atoms with Gasteiger partial charge in [0.1, 0.15) is 11.6 Å². The summed E-state index contributed by atoms with van der Waals surface area (Å²) >= 11 is 11.7. The molecule has 1 N–H and O–H groups in total. The van der Waals surface area contributed by atoms with E-state index in [1.165, 1.54) is 30.3 Å². The van der Waals surface area contributed by atoms with Crippen molar-refractivity contribution in [2.24, 2.45) is 0 Å². The number of rotatable bonds is 4. The highest BCUT2D eigenvalue weighted by atomic mass is 35.5. The van der Waals surface area contributed by atoms with E-state index in [4.69, 9.17) is 23.2 Å². The van der Waals surface area contributed by atoms with Crippen LogP contribution < -0.4 is 5.32 Å². The van der Waals surface area contributed by atoms with Crippen LogP contribution in [0.25, 0.3) is 0 Å². The van der Waals surface area contributed by atoms with Gasteiger partial charge in [-0.2, -0.15) is 0 Å². The SMILES string of the molecule is O=C(C[S@](=O)c1ccc(F)cc1)Nc1ccc(Cl)cc1Cl. The van der Waals surface area contributed by atoms with Crippen molar-refractivity contribution in [2.45, 2.75) is 4.90 Å². The third kappa shape index (κ3) is 4.52. The van der Waals surface area contributed by atoms with Crippen molar-refractivity contribution < 1.29 is 13.4 Å². The van der Waals surface area contributed by atoms with Crippen LogP contribution in [0.1, 0.15) is 0 Å². The summed E-state index contributed by atoms with van der Waals surface area (Å²) in [7, 11) is -1.55. The van der Waals surface area contributed by atoms with Crippen molar-refractivity contribution in [1.82, 2.24) is 0 Å². The molecule has 0 aliphatic rings. The van der Waals surface area contributed by atoms with Gasteiger partial charge in [0.25, 0.3) is 0 Å². The van der Waals surface area contributed by atoms with Crippen molar-refractivity contribution >= 4 is 45.6 Å². The zero-order valence-corrected chi connectivity index (χ0v) is 12.9. The minimum absolute atomic E-state index is 0.245. The van der Waals surface area contributed by atoms with Crippen molar-refractivity contribution in [3.8, 4) is 0 Å². The van der Waals surface area contributed by atoms with Crippen LogP contribution in [0.15, 0.2) is 47.4 Å².